The van der Waals surface area contributed by atoms with Crippen molar-refractivity contribution in [3.05, 3.63) is 72.6 Å². The van der Waals surface area contributed by atoms with E-state index in [2.05, 4.69) is 26.2 Å². The van der Waals surface area contributed by atoms with Gasteiger partial charge in [0.15, 0.2) is 0 Å². The maximum absolute atomic E-state index is 13.1. The van der Waals surface area contributed by atoms with E-state index in [1.807, 2.05) is 0 Å². The van der Waals surface area contributed by atoms with Gasteiger partial charge in [-0.25, -0.2) is 4.79 Å². The van der Waals surface area contributed by atoms with Crippen molar-refractivity contribution in [1.29, 1.82) is 0 Å². The van der Waals surface area contributed by atoms with Crippen molar-refractivity contribution in [3.63, 3.8) is 0 Å². The highest BCUT2D eigenvalue weighted by Crippen LogP contribution is 2.35. The lowest BCUT2D eigenvalue weighted by Crippen LogP contribution is -2.23. The Morgan fingerprint density at radius 3 is 2.55 bits per heavy atom. The Balaban J connectivity index is 2.09. The lowest BCUT2D eigenvalue weighted by molar-refractivity contribution is -0.385. The van der Waals surface area contributed by atoms with Gasteiger partial charge in [-0.3, -0.25) is 14.7 Å². The SMILES string of the molecule is C[C@@H](Nc1nc(=O)n(C)c2ccc(Br)cc12)c1cc([N+](=O)[O-])cc(C(F)(F)F)c1. The molecule has 1 N–H and O–H groups in total. The molecular formula is C18H14BrF3N4O3. The number of hydrogen-bond acceptors (Lipinski definition) is 5. The van der Waals surface area contributed by atoms with Crippen LogP contribution in [0.3, 0.4) is 0 Å². The summed E-state index contributed by atoms with van der Waals surface area (Å²) in [5, 5.41) is 14.5. The first kappa shape index (κ1) is 20.8. The highest BCUT2D eigenvalue weighted by Gasteiger charge is 2.33. The van der Waals surface area contributed by atoms with Gasteiger partial charge in [0.2, 0.25) is 0 Å². The van der Waals surface area contributed by atoms with Gasteiger partial charge >= 0.3 is 11.9 Å². The van der Waals surface area contributed by atoms with E-state index in [9.17, 15) is 28.1 Å². The number of nitro groups is 1. The second-order valence-corrected chi connectivity index (χ2v) is 7.31. The molecule has 0 unspecified atom stereocenters. The van der Waals surface area contributed by atoms with Crippen molar-refractivity contribution in [2.45, 2.75) is 19.1 Å². The van der Waals surface area contributed by atoms with Crippen LogP contribution >= 0.6 is 15.9 Å². The average molecular weight is 471 g/mol. The largest absolute Gasteiger partial charge is 0.416 e. The molecule has 0 aliphatic heterocycles. The summed E-state index contributed by atoms with van der Waals surface area (Å²) < 4.78 is 41.5. The van der Waals surface area contributed by atoms with Crippen LogP contribution in [0.2, 0.25) is 0 Å². The summed E-state index contributed by atoms with van der Waals surface area (Å²) >= 11 is 3.33. The van der Waals surface area contributed by atoms with E-state index in [1.54, 1.807) is 25.2 Å². The smallest absolute Gasteiger partial charge is 0.363 e. The molecule has 3 rings (SSSR count). The molecule has 0 saturated carbocycles. The first-order valence-electron chi connectivity index (χ1n) is 8.27. The van der Waals surface area contributed by atoms with Crippen LogP contribution in [-0.2, 0) is 13.2 Å². The van der Waals surface area contributed by atoms with Crippen molar-refractivity contribution in [3.8, 4) is 0 Å². The quantitative estimate of drug-likeness (QED) is 0.437. The van der Waals surface area contributed by atoms with Gasteiger partial charge in [-0.1, -0.05) is 15.9 Å². The van der Waals surface area contributed by atoms with E-state index in [-0.39, 0.29) is 11.4 Å². The summed E-state index contributed by atoms with van der Waals surface area (Å²) in [7, 11) is 1.55. The minimum absolute atomic E-state index is 0.0390. The number of hydrogen-bond donors (Lipinski definition) is 1. The van der Waals surface area contributed by atoms with E-state index in [1.165, 1.54) is 11.5 Å². The molecule has 2 aromatic carbocycles. The Morgan fingerprint density at radius 1 is 1.24 bits per heavy atom. The van der Waals surface area contributed by atoms with E-state index >= 15 is 0 Å². The van der Waals surface area contributed by atoms with Crippen molar-refractivity contribution in [2.75, 3.05) is 5.32 Å². The molecule has 0 bridgehead atoms. The second-order valence-electron chi connectivity index (χ2n) is 6.40. The van der Waals surface area contributed by atoms with Crippen LogP contribution < -0.4 is 11.0 Å². The van der Waals surface area contributed by atoms with Crippen molar-refractivity contribution in [2.24, 2.45) is 7.05 Å². The Morgan fingerprint density at radius 2 is 1.93 bits per heavy atom. The molecule has 1 aromatic heterocycles. The Labute approximate surface area is 170 Å². The Kier molecular flexibility index (Phi) is 5.35. The Bertz CT molecular complexity index is 1180. The van der Waals surface area contributed by atoms with Crippen molar-refractivity contribution < 1.29 is 18.1 Å². The lowest BCUT2D eigenvalue weighted by atomic mass is 10.0. The number of alkyl halides is 3. The lowest BCUT2D eigenvalue weighted by Gasteiger charge is -2.18. The molecule has 0 amide bonds. The zero-order chi connectivity index (χ0) is 21.5. The zero-order valence-electron chi connectivity index (χ0n) is 15.1. The minimum atomic E-state index is -4.74. The molecule has 7 nitrogen and oxygen atoms in total. The fraction of sp³-hybridized carbons (Fsp3) is 0.222. The third-order valence-corrected chi connectivity index (χ3v) is 4.89. The third kappa shape index (κ3) is 4.24. The van der Waals surface area contributed by atoms with Crippen LogP contribution in [0.1, 0.15) is 24.1 Å². The van der Waals surface area contributed by atoms with E-state index < -0.39 is 34.1 Å². The summed E-state index contributed by atoms with van der Waals surface area (Å²) in [6.07, 6.45) is -4.74. The topological polar surface area (TPSA) is 90.1 Å². The van der Waals surface area contributed by atoms with Crippen LogP contribution in [0.25, 0.3) is 10.9 Å². The Hall–Kier alpha value is -2.95. The molecule has 0 fully saturated rings. The summed E-state index contributed by atoms with van der Waals surface area (Å²) in [5.41, 5.74) is -1.74. The van der Waals surface area contributed by atoms with Crippen LogP contribution in [0.15, 0.2) is 45.7 Å². The fourth-order valence-corrected chi connectivity index (χ4v) is 3.24. The number of aromatic nitrogens is 2. The van der Waals surface area contributed by atoms with Crippen LogP contribution in [-0.4, -0.2) is 14.5 Å². The first-order valence-corrected chi connectivity index (χ1v) is 9.06. The molecule has 1 heterocycles. The number of rotatable bonds is 4. The fourth-order valence-electron chi connectivity index (χ4n) is 2.88. The molecule has 0 aliphatic rings. The molecular weight excluding hydrogens is 457 g/mol. The summed E-state index contributed by atoms with van der Waals surface area (Å²) in [6, 6.07) is 6.75. The number of anilines is 1. The number of nitro benzene ring substituents is 1. The summed E-state index contributed by atoms with van der Waals surface area (Å²) in [4.78, 5) is 26.3. The van der Waals surface area contributed by atoms with Gasteiger partial charge in [0, 0.05) is 29.0 Å². The number of benzene rings is 2. The monoisotopic (exact) mass is 470 g/mol. The van der Waals surface area contributed by atoms with Gasteiger partial charge in [-0.2, -0.15) is 18.2 Å². The number of aryl methyl sites for hydroxylation is 1. The van der Waals surface area contributed by atoms with Gasteiger partial charge in [0.1, 0.15) is 5.82 Å². The van der Waals surface area contributed by atoms with Gasteiger partial charge in [0.05, 0.1) is 22.0 Å². The van der Waals surface area contributed by atoms with Crippen LogP contribution in [0.5, 0.6) is 0 Å². The number of nitrogens with one attached hydrogen (secondary N) is 1. The molecule has 152 valence electrons. The molecule has 3 aromatic rings. The molecule has 0 radical (unpaired) electrons. The van der Waals surface area contributed by atoms with E-state index in [0.717, 1.165) is 16.6 Å². The minimum Gasteiger partial charge on any atom is -0.363 e. The van der Waals surface area contributed by atoms with Crippen molar-refractivity contribution in [1.82, 2.24) is 9.55 Å². The first-order chi connectivity index (χ1) is 13.5. The normalized spacial score (nSPS) is 12.8. The number of nitrogens with zero attached hydrogens (tertiary/aromatic N) is 3. The van der Waals surface area contributed by atoms with Crippen molar-refractivity contribution >= 4 is 38.3 Å². The predicted octanol–water partition coefficient (Wildman–Crippen LogP) is 4.80. The molecule has 1 atom stereocenters. The van der Waals surface area contributed by atoms with Crippen LogP contribution in [0, 0.1) is 10.1 Å². The molecule has 29 heavy (non-hydrogen) atoms. The molecule has 0 aliphatic carbocycles. The van der Waals surface area contributed by atoms with Gasteiger partial charge in [-0.15, -0.1) is 0 Å². The predicted molar refractivity (Wildman–Crippen MR) is 105 cm³/mol. The van der Waals surface area contributed by atoms with Gasteiger partial charge in [0.25, 0.3) is 5.69 Å². The molecule has 0 spiro atoms. The van der Waals surface area contributed by atoms with E-state index in [4.69, 9.17) is 0 Å². The van der Waals surface area contributed by atoms with Gasteiger partial charge < -0.3 is 5.32 Å². The zero-order valence-corrected chi connectivity index (χ0v) is 16.7. The standard InChI is InChI=1S/C18H14BrF3N4O3/c1-9(10-5-11(18(20,21)22)7-13(6-10)26(28)29)23-16-14-8-12(19)3-4-15(14)25(2)17(27)24-16/h3-9H,1-2H3,(H,23,24,27)/t9-/m1/s1. The number of fused-ring (bicyclic) bond motifs is 1. The number of non-ortho nitro benzene ring substituents is 1. The molecule has 0 saturated heterocycles. The maximum Gasteiger partial charge on any atom is 0.416 e. The van der Waals surface area contributed by atoms with E-state index in [0.29, 0.717) is 17.0 Å². The molecule has 11 heteroatoms. The number of halogens is 4. The van der Waals surface area contributed by atoms with Crippen LogP contribution in [0.4, 0.5) is 24.7 Å². The highest BCUT2D eigenvalue weighted by molar-refractivity contribution is 9.10. The highest BCUT2D eigenvalue weighted by atomic mass is 79.9. The second kappa shape index (κ2) is 7.47. The third-order valence-electron chi connectivity index (χ3n) is 4.40. The average Bonchev–Trinajstić information content (AvgIpc) is 2.64. The summed E-state index contributed by atoms with van der Waals surface area (Å²) in [6.45, 7) is 1.53. The maximum atomic E-state index is 13.1. The summed E-state index contributed by atoms with van der Waals surface area (Å²) in [5.74, 6) is 0.164. The van der Waals surface area contributed by atoms with Gasteiger partial charge in [-0.05, 0) is 36.8 Å².